The van der Waals surface area contributed by atoms with Gasteiger partial charge in [-0.15, -0.1) is 11.8 Å². The molecule has 1 unspecified atom stereocenters. The first kappa shape index (κ1) is 12.7. The third-order valence-electron chi connectivity index (χ3n) is 2.52. The average molecular weight is 217 g/mol. The Bertz CT molecular complexity index is 401. The van der Waals surface area contributed by atoms with Crippen molar-refractivity contribution in [1.29, 1.82) is 0 Å². The highest BCUT2D eigenvalue weighted by Gasteiger charge is 2.12. The number of nitrogens with zero attached hydrogens (tertiary/aromatic N) is 1. The van der Waals surface area contributed by atoms with Crippen molar-refractivity contribution in [3.05, 3.63) is 29.1 Å². The Balaban J connectivity index is 2.80. The Morgan fingerprint density at radius 3 is 2.81 bits per heavy atom. The maximum atomic E-state index is 5.56. The van der Waals surface area contributed by atoms with Crippen molar-refractivity contribution < 1.29 is 0 Å². The minimum Gasteiger partial charge on any atom is -0.271 e. The van der Waals surface area contributed by atoms with Gasteiger partial charge in [0.2, 0.25) is 0 Å². The van der Waals surface area contributed by atoms with Crippen LogP contribution >= 0.6 is 0 Å². The molecule has 3 N–H and O–H groups in total. The third-order valence-corrected chi connectivity index (χ3v) is 2.52. The Morgan fingerprint density at radius 2 is 2.25 bits per heavy atom. The Morgan fingerprint density at radius 1 is 1.50 bits per heavy atom. The molecule has 1 aromatic rings. The van der Waals surface area contributed by atoms with Gasteiger partial charge in [-0.1, -0.05) is 6.07 Å². The summed E-state index contributed by atoms with van der Waals surface area (Å²) >= 11 is 0. The largest absolute Gasteiger partial charge is 0.271 e. The molecule has 1 atom stereocenters. The van der Waals surface area contributed by atoms with Gasteiger partial charge < -0.3 is 0 Å². The van der Waals surface area contributed by atoms with Crippen molar-refractivity contribution in [2.45, 2.75) is 39.7 Å². The van der Waals surface area contributed by atoms with E-state index in [4.69, 9.17) is 5.84 Å². The molecule has 0 spiro atoms. The van der Waals surface area contributed by atoms with Gasteiger partial charge in [0.1, 0.15) is 0 Å². The normalized spacial score (nSPS) is 11.8. The third kappa shape index (κ3) is 3.34. The van der Waals surface area contributed by atoms with Crippen molar-refractivity contribution in [2.24, 2.45) is 5.84 Å². The molecule has 86 valence electrons. The Labute approximate surface area is 97.4 Å². The van der Waals surface area contributed by atoms with Crippen LogP contribution in [0, 0.1) is 25.7 Å². The molecule has 0 aliphatic heterocycles. The zero-order valence-corrected chi connectivity index (χ0v) is 10.2. The van der Waals surface area contributed by atoms with Crippen molar-refractivity contribution in [1.82, 2.24) is 10.4 Å². The molecule has 0 saturated heterocycles. The molecule has 0 amide bonds. The van der Waals surface area contributed by atoms with Crippen molar-refractivity contribution in [3.63, 3.8) is 0 Å². The van der Waals surface area contributed by atoms with Crippen LogP contribution in [0.5, 0.6) is 0 Å². The first-order chi connectivity index (χ1) is 7.69. The standard InChI is InChI=1S/C13H19N3/c1-4-5-6-7-12(16-14)13-11(3)8-10(2)9-15-13/h8-9,12,16H,6-7,14H2,1-3H3. The van der Waals surface area contributed by atoms with Gasteiger partial charge in [0.25, 0.3) is 0 Å². The summed E-state index contributed by atoms with van der Waals surface area (Å²) in [4.78, 5) is 4.44. The fraction of sp³-hybridized carbons (Fsp3) is 0.462. The van der Waals surface area contributed by atoms with E-state index in [1.807, 2.05) is 20.0 Å². The number of hydrogen-bond donors (Lipinski definition) is 2. The van der Waals surface area contributed by atoms with E-state index < -0.39 is 0 Å². The van der Waals surface area contributed by atoms with Crippen molar-refractivity contribution >= 4 is 0 Å². The second-order valence-electron chi connectivity index (χ2n) is 3.90. The van der Waals surface area contributed by atoms with Crippen LogP contribution in [0.1, 0.15) is 42.6 Å². The Hall–Kier alpha value is -1.37. The van der Waals surface area contributed by atoms with E-state index in [9.17, 15) is 0 Å². The van der Waals surface area contributed by atoms with Gasteiger partial charge in [0.05, 0.1) is 11.7 Å². The predicted molar refractivity (Wildman–Crippen MR) is 66.5 cm³/mol. The fourth-order valence-electron chi connectivity index (χ4n) is 1.73. The number of hydrogen-bond acceptors (Lipinski definition) is 3. The summed E-state index contributed by atoms with van der Waals surface area (Å²) in [6.07, 6.45) is 3.59. The van der Waals surface area contributed by atoms with E-state index in [0.29, 0.717) is 0 Å². The highest BCUT2D eigenvalue weighted by Crippen LogP contribution is 2.19. The van der Waals surface area contributed by atoms with Gasteiger partial charge in [-0.05, 0) is 38.3 Å². The molecule has 0 aromatic carbocycles. The van der Waals surface area contributed by atoms with Gasteiger partial charge in [0, 0.05) is 12.6 Å². The molecular weight excluding hydrogens is 198 g/mol. The second kappa shape index (κ2) is 6.26. The minimum absolute atomic E-state index is 0.0847. The van der Waals surface area contributed by atoms with Crippen LogP contribution in [-0.2, 0) is 0 Å². The molecule has 0 fully saturated rings. The van der Waals surface area contributed by atoms with Crippen molar-refractivity contribution in [2.75, 3.05) is 0 Å². The summed E-state index contributed by atoms with van der Waals surface area (Å²) in [5, 5.41) is 0. The molecule has 0 bridgehead atoms. The molecule has 0 radical (unpaired) electrons. The molecule has 0 aliphatic rings. The first-order valence-electron chi connectivity index (χ1n) is 5.48. The van der Waals surface area contributed by atoms with Crippen molar-refractivity contribution in [3.8, 4) is 11.8 Å². The molecule has 3 nitrogen and oxygen atoms in total. The number of rotatable bonds is 4. The topological polar surface area (TPSA) is 50.9 Å². The average Bonchev–Trinajstić information content (AvgIpc) is 2.26. The molecular formula is C13H19N3. The lowest BCUT2D eigenvalue weighted by atomic mass is 10.0. The van der Waals surface area contributed by atoms with Crippen LogP contribution in [-0.4, -0.2) is 4.98 Å². The maximum absolute atomic E-state index is 5.56. The van der Waals surface area contributed by atoms with Crippen LogP contribution in [0.15, 0.2) is 12.3 Å². The van der Waals surface area contributed by atoms with Crippen LogP contribution < -0.4 is 11.3 Å². The lowest BCUT2D eigenvalue weighted by molar-refractivity contribution is 0.508. The molecule has 1 heterocycles. The number of aryl methyl sites for hydroxylation is 2. The zero-order valence-electron chi connectivity index (χ0n) is 10.2. The summed E-state index contributed by atoms with van der Waals surface area (Å²) in [5.74, 6) is 11.5. The van der Waals surface area contributed by atoms with E-state index in [1.165, 1.54) is 11.1 Å². The quantitative estimate of drug-likeness (QED) is 0.461. The number of aromatic nitrogens is 1. The highest BCUT2D eigenvalue weighted by atomic mass is 15.2. The number of nitrogens with one attached hydrogen (secondary N) is 1. The van der Waals surface area contributed by atoms with Crippen LogP contribution in [0.25, 0.3) is 0 Å². The molecule has 1 aromatic heterocycles. The SMILES string of the molecule is CC#CCCC(NN)c1ncc(C)cc1C. The number of hydrazine groups is 1. The second-order valence-corrected chi connectivity index (χ2v) is 3.90. The lowest BCUT2D eigenvalue weighted by Gasteiger charge is -2.16. The van der Waals surface area contributed by atoms with E-state index in [2.05, 4.69) is 35.2 Å². The zero-order chi connectivity index (χ0) is 12.0. The van der Waals surface area contributed by atoms with E-state index in [0.717, 1.165) is 18.5 Å². The number of nitrogens with two attached hydrogens (primary N) is 1. The summed E-state index contributed by atoms with van der Waals surface area (Å²) in [6, 6.07) is 2.21. The molecule has 3 heteroatoms. The molecule has 16 heavy (non-hydrogen) atoms. The smallest absolute Gasteiger partial charge is 0.0643 e. The van der Waals surface area contributed by atoms with E-state index in [-0.39, 0.29) is 6.04 Å². The summed E-state index contributed by atoms with van der Waals surface area (Å²) < 4.78 is 0. The van der Waals surface area contributed by atoms with Gasteiger partial charge in [0.15, 0.2) is 0 Å². The van der Waals surface area contributed by atoms with Gasteiger partial charge in [-0.3, -0.25) is 16.3 Å². The predicted octanol–water partition coefficient (Wildman–Crippen LogP) is 2.01. The number of pyridine rings is 1. The first-order valence-corrected chi connectivity index (χ1v) is 5.48. The van der Waals surface area contributed by atoms with E-state index >= 15 is 0 Å². The monoisotopic (exact) mass is 217 g/mol. The minimum atomic E-state index is 0.0847. The van der Waals surface area contributed by atoms with Crippen LogP contribution in [0.4, 0.5) is 0 Å². The van der Waals surface area contributed by atoms with Crippen LogP contribution in [0.3, 0.4) is 0 Å². The highest BCUT2D eigenvalue weighted by molar-refractivity contribution is 5.25. The molecule has 1 rings (SSSR count). The maximum Gasteiger partial charge on any atom is 0.0643 e. The summed E-state index contributed by atoms with van der Waals surface area (Å²) in [7, 11) is 0. The molecule has 0 saturated carbocycles. The van der Waals surface area contributed by atoms with Gasteiger partial charge in [-0.2, -0.15) is 0 Å². The van der Waals surface area contributed by atoms with E-state index in [1.54, 1.807) is 0 Å². The lowest BCUT2D eigenvalue weighted by Crippen LogP contribution is -2.29. The summed E-state index contributed by atoms with van der Waals surface area (Å²) in [6.45, 7) is 5.95. The molecule has 0 aliphatic carbocycles. The van der Waals surface area contributed by atoms with Crippen LogP contribution in [0.2, 0.25) is 0 Å². The fourth-order valence-corrected chi connectivity index (χ4v) is 1.73. The van der Waals surface area contributed by atoms with Gasteiger partial charge >= 0.3 is 0 Å². The summed E-state index contributed by atoms with van der Waals surface area (Å²) in [5.41, 5.74) is 6.17. The Kier molecular flexibility index (Phi) is 4.97. The van der Waals surface area contributed by atoms with Gasteiger partial charge in [-0.25, -0.2) is 0 Å².